The second-order valence-corrected chi connectivity index (χ2v) is 5.82. The Balaban J connectivity index is 1.70. The van der Waals surface area contributed by atoms with Gasteiger partial charge in [0.05, 0.1) is 11.4 Å². The van der Waals surface area contributed by atoms with Crippen LogP contribution in [-0.2, 0) is 7.05 Å². The number of benzene rings is 1. The van der Waals surface area contributed by atoms with Gasteiger partial charge >= 0.3 is 0 Å². The van der Waals surface area contributed by atoms with E-state index in [0.29, 0.717) is 28.6 Å². The van der Waals surface area contributed by atoms with E-state index in [1.165, 1.54) is 0 Å². The van der Waals surface area contributed by atoms with Crippen LogP contribution in [0.4, 0.5) is 0 Å². The molecule has 0 unspecified atom stereocenters. The monoisotopic (exact) mass is 338 g/mol. The molecule has 3 aromatic heterocycles. The number of nitriles is 1. The standard InChI is InChI=1S/C20H14N6/c1-14-17(12-21)22-20-11-9-16(24-26(14)20)8-10-19-23-18(13-25(19)2)15-6-4-3-5-7-15/h3-7,9,11,13H,1-2H3. The maximum Gasteiger partial charge on any atom is 0.186 e. The quantitative estimate of drug-likeness (QED) is 0.500. The number of aryl methyl sites for hydroxylation is 2. The van der Waals surface area contributed by atoms with Crippen LogP contribution in [0.3, 0.4) is 0 Å². The number of hydrogen-bond donors (Lipinski definition) is 0. The van der Waals surface area contributed by atoms with Crippen LogP contribution in [0.5, 0.6) is 0 Å². The zero-order chi connectivity index (χ0) is 18.1. The van der Waals surface area contributed by atoms with Crippen molar-refractivity contribution in [1.29, 1.82) is 5.26 Å². The second kappa shape index (κ2) is 6.19. The Morgan fingerprint density at radius 1 is 1.00 bits per heavy atom. The van der Waals surface area contributed by atoms with Gasteiger partial charge in [0, 0.05) is 18.8 Å². The van der Waals surface area contributed by atoms with Crippen molar-refractivity contribution in [3.63, 3.8) is 0 Å². The lowest BCUT2D eigenvalue weighted by Gasteiger charge is -1.95. The summed E-state index contributed by atoms with van der Waals surface area (Å²) in [5.74, 6) is 6.76. The van der Waals surface area contributed by atoms with Crippen molar-refractivity contribution in [2.24, 2.45) is 7.05 Å². The number of nitrogens with zero attached hydrogens (tertiary/aromatic N) is 6. The lowest BCUT2D eigenvalue weighted by atomic mass is 10.2. The first-order valence-electron chi connectivity index (χ1n) is 8.03. The van der Waals surface area contributed by atoms with Crippen LogP contribution < -0.4 is 0 Å². The van der Waals surface area contributed by atoms with Gasteiger partial charge in [0.1, 0.15) is 11.8 Å². The van der Waals surface area contributed by atoms with Crippen molar-refractivity contribution >= 4 is 5.65 Å². The van der Waals surface area contributed by atoms with Gasteiger partial charge in [0.25, 0.3) is 0 Å². The Bertz CT molecular complexity index is 1210. The molecule has 0 saturated carbocycles. The van der Waals surface area contributed by atoms with Crippen LogP contribution in [0.25, 0.3) is 16.9 Å². The second-order valence-electron chi connectivity index (χ2n) is 5.82. The van der Waals surface area contributed by atoms with Gasteiger partial charge < -0.3 is 4.57 Å². The van der Waals surface area contributed by atoms with E-state index in [-0.39, 0.29) is 0 Å². The van der Waals surface area contributed by atoms with Crippen molar-refractivity contribution in [3.8, 4) is 29.2 Å². The number of hydrogen-bond acceptors (Lipinski definition) is 4. The van der Waals surface area contributed by atoms with Gasteiger partial charge in [-0.2, -0.15) is 10.4 Å². The SMILES string of the molecule is Cc1c(C#N)nc2ccc(C#Cc3nc(-c4ccccc4)cn3C)nn12. The number of aromatic nitrogens is 5. The van der Waals surface area contributed by atoms with Crippen molar-refractivity contribution in [2.75, 3.05) is 0 Å². The third kappa shape index (κ3) is 2.70. The smallest absolute Gasteiger partial charge is 0.186 e. The van der Waals surface area contributed by atoms with E-state index < -0.39 is 0 Å². The summed E-state index contributed by atoms with van der Waals surface area (Å²) < 4.78 is 3.53. The summed E-state index contributed by atoms with van der Waals surface area (Å²) in [7, 11) is 1.92. The zero-order valence-electron chi connectivity index (χ0n) is 14.3. The number of imidazole rings is 2. The third-order valence-corrected chi connectivity index (χ3v) is 4.06. The molecule has 0 aliphatic heterocycles. The highest BCUT2D eigenvalue weighted by molar-refractivity contribution is 5.59. The molecule has 0 atom stereocenters. The molecule has 0 bridgehead atoms. The Labute approximate surface area is 150 Å². The zero-order valence-corrected chi connectivity index (χ0v) is 14.3. The average molecular weight is 338 g/mol. The summed E-state index contributed by atoms with van der Waals surface area (Å²) in [5.41, 5.74) is 4.23. The first-order chi connectivity index (χ1) is 12.7. The highest BCUT2D eigenvalue weighted by atomic mass is 15.3. The van der Waals surface area contributed by atoms with Crippen LogP contribution in [0.1, 0.15) is 22.9 Å². The van der Waals surface area contributed by atoms with Gasteiger partial charge in [-0.15, -0.1) is 0 Å². The topological polar surface area (TPSA) is 71.8 Å². The minimum Gasteiger partial charge on any atom is -0.327 e. The number of fused-ring (bicyclic) bond motifs is 1. The molecule has 6 heteroatoms. The van der Waals surface area contributed by atoms with Gasteiger partial charge in [-0.05, 0) is 30.9 Å². The van der Waals surface area contributed by atoms with Gasteiger partial charge in [-0.25, -0.2) is 14.5 Å². The molecule has 0 radical (unpaired) electrons. The van der Waals surface area contributed by atoms with E-state index in [9.17, 15) is 0 Å². The molecule has 0 saturated heterocycles. The third-order valence-electron chi connectivity index (χ3n) is 4.06. The van der Waals surface area contributed by atoms with E-state index in [1.807, 2.05) is 55.1 Å². The average Bonchev–Trinajstić information content (AvgIpc) is 3.20. The van der Waals surface area contributed by atoms with Gasteiger partial charge in [-0.3, -0.25) is 0 Å². The minimum absolute atomic E-state index is 0.374. The molecule has 0 spiro atoms. The van der Waals surface area contributed by atoms with E-state index >= 15 is 0 Å². The molecular formula is C20H14N6. The minimum atomic E-state index is 0.374. The van der Waals surface area contributed by atoms with Crippen molar-refractivity contribution in [3.05, 3.63) is 71.6 Å². The molecular weight excluding hydrogens is 324 g/mol. The number of rotatable bonds is 1. The van der Waals surface area contributed by atoms with Crippen LogP contribution >= 0.6 is 0 Å². The molecule has 0 aliphatic carbocycles. The molecule has 6 nitrogen and oxygen atoms in total. The van der Waals surface area contributed by atoms with E-state index in [4.69, 9.17) is 5.26 Å². The first kappa shape index (κ1) is 15.6. The lowest BCUT2D eigenvalue weighted by Crippen LogP contribution is -1.97. The predicted octanol–water partition coefficient (Wildman–Crippen LogP) is 2.71. The molecule has 0 aliphatic rings. The maximum atomic E-state index is 9.08. The maximum absolute atomic E-state index is 9.08. The fourth-order valence-corrected chi connectivity index (χ4v) is 2.67. The van der Waals surface area contributed by atoms with Crippen molar-refractivity contribution < 1.29 is 0 Å². The highest BCUT2D eigenvalue weighted by Gasteiger charge is 2.09. The van der Waals surface area contributed by atoms with Crippen LogP contribution in [0.2, 0.25) is 0 Å². The van der Waals surface area contributed by atoms with Gasteiger partial charge in [0.15, 0.2) is 17.2 Å². The Kier molecular flexibility index (Phi) is 3.72. The van der Waals surface area contributed by atoms with Crippen LogP contribution in [0.15, 0.2) is 48.7 Å². The molecule has 3 heterocycles. The van der Waals surface area contributed by atoms with E-state index in [2.05, 4.69) is 33.0 Å². The first-order valence-corrected chi connectivity index (χ1v) is 8.03. The molecule has 4 aromatic rings. The van der Waals surface area contributed by atoms with E-state index in [0.717, 1.165) is 11.3 Å². The van der Waals surface area contributed by atoms with Crippen molar-refractivity contribution in [2.45, 2.75) is 6.92 Å². The molecule has 0 amide bonds. The molecule has 124 valence electrons. The predicted molar refractivity (Wildman–Crippen MR) is 97.1 cm³/mol. The molecule has 1 aromatic carbocycles. The summed E-state index contributed by atoms with van der Waals surface area (Å²) in [6.45, 7) is 1.81. The molecule has 26 heavy (non-hydrogen) atoms. The summed E-state index contributed by atoms with van der Waals surface area (Å²) in [6, 6.07) is 15.6. The highest BCUT2D eigenvalue weighted by Crippen LogP contribution is 2.17. The van der Waals surface area contributed by atoms with Gasteiger partial charge in [0.2, 0.25) is 0 Å². The molecule has 4 rings (SSSR count). The summed E-state index contributed by atoms with van der Waals surface area (Å²) in [4.78, 5) is 8.81. The largest absolute Gasteiger partial charge is 0.327 e. The molecule has 0 N–H and O–H groups in total. The normalized spacial score (nSPS) is 10.3. The van der Waals surface area contributed by atoms with Gasteiger partial charge in [-0.1, -0.05) is 30.3 Å². The Morgan fingerprint density at radius 3 is 2.58 bits per heavy atom. The lowest BCUT2D eigenvalue weighted by molar-refractivity contribution is 0.885. The fourth-order valence-electron chi connectivity index (χ4n) is 2.67. The fraction of sp³-hybridized carbons (Fsp3) is 0.100. The van der Waals surface area contributed by atoms with Crippen molar-refractivity contribution in [1.82, 2.24) is 24.1 Å². The van der Waals surface area contributed by atoms with Crippen LogP contribution in [0, 0.1) is 30.1 Å². The summed E-state index contributed by atoms with van der Waals surface area (Å²) in [5, 5.41) is 13.5. The van der Waals surface area contributed by atoms with E-state index in [1.54, 1.807) is 16.6 Å². The Hall–Kier alpha value is -3.90. The molecule has 0 fully saturated rings. The van der Waals surface area contributed by atoms with Crippen LogP contribution in [-0.4, -0.2) is 24.1 Å². The Morgan fingerprint density at radius 2 is 1.81 bits per heavy atom. The summed E-state index contributed by atoms with van der Waals surface area (Å²) in [6.07, 6.45) is 1.95. The summed E-state index contributed by atoms with van der Waals surface area (Å²) >= 11 is 0.